The van der Waals surface area contributed by atoms with Gasteiger partial charge in [0.05, 0.1) is 13.2 Å². The molecule has 0 aromatic heterocycles. The van der Waals surface area contributed by atoms with Gasteiger partial charge in [-0.25, -0.2) is 0 Å². The average molecular weight is 421 g/mol. The molecule has 30 heavy (non-hydrogen) atoms. The summed E-state index contributed by atoms with van der Waals surface area (Å²) in [5, 5.41) is 21.4. The molecule has 0 bridgehead atoms. The summed E-state index contributed by atoms with van der Waals surface area (Å²) < 4.78 is 4.83. The second-order valence-corrected chi connectivity index (χ2v) is 11.4. The number of aliphatic hydroxyl groups excluding tert-OH is 2. The van der Waals surface area contributed by atoms with Gasteiger partial charge < -0.3 is 14.9 Å². The lowest BCUT2D eigenvalue weighted by molar-refractivity contribution is -0.184. The summed E-state index contributed by atoms with van der Waals surface area (Å²) in [4.78, 5) is 24.9. The fourth-order valence-corrected chi connectivity index (χ4v) is 8.62. The molecule has 0 heterocycles. The van der Waals surface area contributed by atoms with Crippen molar-refractivity contribution in [1.82, 2.24) is 0 Å². The molecule has 170 valence electrons. The molecule has 10 atom stereocenters. The second kappa shape index (κ2) is 7.88. The number of hydrogen-bond acceptors (Lipinski definition) is 5. The van der Waals surface area contributed by atoms with Crippen LogP contribution in [0.3, 0.4) is 0 Å². The summed E-state index contributed by atoms with van der Waals surface area (Å²) in [7, 11) is 1.45. The first-order chi connectivity index (χ1) is 14.1. The quantitative estimate of drug-likeness (QED) is 0.677. The van der Waals surface area contributed by atoms with Crippen LogP contribution in [0.5, 0.6) is 0 Å². The van der Waals surface area contributed by atoms with E-state index in [0.29, 0.717) is 36.5 Å². The van der Waals surface area contributed by atoms with E-state index in [1.54, 1.807) is 0 Å². The van der Waals surface area contributed by atoms with E-state index in [1.807, 2.05) is 0 Å². The average Bonchev–Trinajstić information content (AvgIpc) is 3.08. The smallest absolute Gasteiger partial charge is 0.305 e. The number of ketones is 1. The molecule has 0 radical (unpaired) electrons. The summed E-state index contributed by atoms with van der Waals surface area (Å²) in [6.07, 6.45) is 6.58. The van der Waals surface area contributed by atoms with Gasteiger partial charge in [-0.05, 0) is 91.8 Å². The van der Waals surface area contributed by atoms with Gasteiger partial charge in [-0.2, -0.15) is 0 Å². The molecule has 4 saturated carbocycles. The molecule has 5 nitrogen and oxygen atoms in total. The van der Waals surface area contributed by atoms with Gasteiger partial charge in [-0.1, -0.05) is 20.8 Å². The van der Waals surface area contributed by atoms with Crippen LogP contribution in [0.15, 0.2) is 0 Å². The number of carbonyl (C=O) groups excluding carboxylic acids is 2. The van der Waals surface area contributed by atoms with Crippen LogP contribution in [-0.2, 0) is 14.3 Å². The third-order valence-corrected chi connectivity index (χ3v) is 10.3. The Morgan fingerprint density at radius 2 is 1.77 bits per heavy atom. The van der Waals surface area contributed by atoms with Crippen molar-refractivity contribution in [3.63, 3.8) is 0 Å². The Bertz CT molecular complexity index is 691. The van der Waals surface area contributed by atoms with Crippen LogP contribution < -0.4 is 0 Å². The maximum absolute atomic E-state index is 13.3. The van der Waals surface area contributed by atoms with E-state index in [9.17, 15) is 19.8 Å². The molecule has 3 unspecified atom stereocenters. The Morgan fingerprint density at radius 3 is 2.47 bits per heavy atom. The Labute approximate surface area is 180 Å². The van der Waals surface area contributed by atoms with Crippen molar-refractivity contribution in [2.24, 2.45) is 46.3 Å². The monoisotopic (exact) mass is 420 g/mol. The molecule has 0 aliphatic heterocycles. The Hall–Kier alpha value is -0.940. The summed E-state index contributed by atoms with van der Waals surface area (Å²) >= 11 is 0. The molecule has 0 aromatic carbocycles. The number of esters is 1. The number of methoxy groups -OCH3 is 1. The summed E-state index contributed by atoms with van der Waals surface area (Å²) in [5.74, 6) is 1.38. The molecule has 0 amide bonds. The van der Waals surface area contributed by atoms with Crippen LogP contribution in [-0.4, -0.2) is 41.3 Å². The molecule has 2 N–H and O–H groups in total. The van der Waals surface area contributed by atoms with Crippen LogP contribution in [0.1, 0.15) is 78.6 Å². The van der Waals surface area contributed by atoms with Gasteiger partial charge in [0, 0.05) is 12.3 Å². The van der Waals surface area contributed by atoms with Crippen molar-refractivity contribution >= 4 is 11.8 Å². The maximum Gasteiger partial charge on any atom is 0.305 e. The predicted octanol–water partition coefficient (Wildman–Crippen LogP) is 3.75. The van der Waals surface area contributed by atoms with E-state index in [1.165, 1.54) is 7.11 Å². The fourth-order valence-electron chi connectivity index (χ4n) is 8.62. The molecule has 4 fully saturated rings. The molecule has 4 rings (SSSR count). The van der Waals surface area contributed by atoms with Crippen molar-refractivity contribution in [1.29, 1.82) is 0 Å². The third-order valence-electron chi connectivity index (χ3n) is 10.3. The van der Waals surface area contributed by atoms with Crippen LogP contribution in [0.2, 0.25) is 0 Å². The molecule has 5 heteroatoms. The van der Waals surface area contributed by atoms with Crippen molar-refractivity contribution < 1.29 is 24.5 Å². The van der Waals surface area contributed by atoms with Crippen LogP contribution in [0.25, 0.3) is 0 Å². The van der Waals surface area contributed by atoms with Crippen LogP contribution in [0.4, 0.5) is 0 Å². The van der Waals surface area contributed by atoms with E-state index in [0.717, 1.165) is 44.9 Å². The minimum absolute atomic E-state index is 0.0102. The van der Waals surface area contributed by atoms with Gasteiger partial charge in [0.1, 0.15) is 6.10 Å². The lowest BCUT2D eigenvalue weighted by atomic mass is 9.43. The highest BCUT2D eigenvalue weighted by atomic mass is 16.5. The van der Waals surface area contributed by atoms with E-state index in [-0.39, 0.29) is 34.4 Å². The largest absolute Gasteiger partial charge is 0.469 e. The fraction of sp³-hybridized carbons (Fsp3) is 0.920. The molecular formula is C25H40O5. The van der Waals surface area contributed by atoms with Gasteiger partial charge in [-0.15, -0.1) is 0 Å². The normalized spacial score (nSPS) is 49.0. The second-order valence-electron chi connectivity index (χ2n) is 11.4. The highest BCUT2D eigenvalue weighted by Crippen LogP contribution is 2.67. The number of Topliss-reactive ketones (excluding diaryl/α,β-unsaturated/α-hetero) is 1. The summed E-state index contributed by atoms with van der Waals surface area (Å²) in [5.41, 5.74) is 0.0332. The minimum Gasteiger partial charge on any atom is -0.469 e. The van der Waals surface area contributed by atoms with Gasteiger partial charge in [0.25, 0.3) is 0 Å². The molecule has 4 aliphatic carbocycles. The highest BCUT2D eigenvalue weighted by molar-refractivity contribution is 5.87. The van der Waals surface area contributed by atoms with Gasteiger partial charge >= 0.3 is 5.97 Å². The topological polar surface area (TPSA) is 83.8 Å². The first-order valence-electron chi connectivity index (χ1n) is 12.1. The lowest BCUT2D eigenvalue weighted by Gasteiger charge is -2.61. The molecule has 4 aliphatic rings. The number of rotatable bonds is 4. The first-order valence-corrected chi connectivity index (χ1v) is 12.1. The van der Waals surface area contributed by atoms with E-state index in [4.69, 9.17) is 4.74 Å². The number of ether oxygens (including phenoxy) is 1. The van der Waals surface area contributed by atoms with E-state index in [2.05, 4.69) is 20.8 Å². The number of hydrogen-bond donors (Lipinski definition) is 2. The first kappa shape index (κ1) is 22.3. The maximum atomic E-state index is 13.3. The van der Waals surface area contributed by atoms with Crippen molar-refractivity contribution in [3.05, 3.63) is 0 Å². The van der Waals surface area contributed by atoms with Crippen molar-refractivity contribution in [3.8, 4) is 0 Å². The van der Waals surface area contributed by atoms with Crippen molar-refractivity contribution in [2.45, 2.75) is 90.8 Å². The van der Waals surface area contributed by atoms with Crippen LogP contribution in [0, 0.1) is 46.3 Å². The Kier molecular flexibility index (Phi) is 5.85. The van der Waals surface area contributed by atoms with E-state index < -0.39 is 12.2 Å². The lowest BCUT2D eigenvalue weighted by Crippen LogP contribution is -2.62. The molecule has 0 aromatic rings. The summed E-state index contributed by atoms with van der Waals surface area (Å²) in [6, 6.07) is 0. The Morgan fingerprint density at radius 1 is 1.10 bits per heavy atom. The standard InChI is InChI=1S/C25H40O5/c1-14(5-8-20(27)30-4)16-6-7-17-21-18(10-12-24(16,17)2)25(3)11-9-15(26)13-19(25)22(28)23(21)29/h14-19,21,23,26,29H,5-13H2,1-4H3/t14-,15-,16-,17?,18?,19-,21?,23+,24-,25-/m1/s1. The SMILES string of the molecule is COC(=O)CC[C@@H](C)[C@H]1CCC2C3C(CC[C@@]21C)[C@@]1(C)CC[C@@H](O)C[C@@H]1C(=O)[C@H]3O. The zero-order chi connectivity index (χ0) is 21.8. The highest BCUT2D eigenvalue weighted by Gasteiger charge is 2.65. The van der Waals surface area contributed by atoms with Crippen LogP contribution >= 0.6 is 0 Å². The minimum atomic E-state index is -0.882. The number of fused-ring (bicyclic) bond motifs is 5. The Balaban J connectivity index is 1.57. The van der Waals surface area contributed by atoms with Crippen molar-refractivity contribution in [2.75, 3.05) is 7.11 Å². The molecule has 0 spiro atoms. The molecule has 0 saturated heterocycles. The molecular weight excluding hydrogens is 380 g/mol. The zero-order valence-electron chi connectivity index (χ0n) is 19.1. The van der Waals surface area contributed by atoms with Gasteiger partial charge in [-0.3, -0.25) is 9.59 Å². The zero-order valence-corrected chi connectivity index (χ0v) is 19.1. The predicted molar refractivity (Wildman–Crippen MR) is 113 cm³/mol. The number of carbonyl (C=O) groups is 2. The van der Waals surface area contributed by atoms with Gasteiger partial charge in [0.15, 0.2) is 5.78 Å². The number of aliphatic hydroxyl groups is 2. The third kappa shape index (κ3) is 3.26. The van der Waals surface area contributed by atoms with E-state index >= 15 is 0 Å². The summed E-state index contributed by atoms with van der Waals surface area (Å²) in [6.45, 7) is 6.91. The van der Waals surface area contributed by atoms with Gasteiger partial charge in [0.2, 0.25) is 0 Å².